The fourth-order valence-electron chi connectivity index (χ4n) is 6.07. The number of phosphoric ester groups is 1. The van der Waals surface area contributed by atoms with Gasteiger partial charge in [-0.2, -0.15) is 0 Å². The van der Waals surface area contributed by atoms with Crippen molar-refractivity contribution in [3.05, 3.63) is 48.6 Å². The van der Waals surface area contributed by atoms with Gasteiger partial charge in [0.25, 0.3) is 0 Å². The smallest absolute Gasteiger partial charge is 0.462 e. The van der Waals surface area contributed by atoms with Crippen LogP contribution < -0.4 is 0 Å². The van der Waals surface area contributed by atoms with Crippen LogP contribution >= 0.6 is 7.82 Å². The van der Waals surface area contributed by atoms with E-state index >= 15 is 0 Å². The summed E-state index contributed by atoms with van der Waals surface area (Å²) in [5, 5.41) is 50.0. The molecule has 3 unspecified atom stereocenters. The number of carbonyl (C=O) groups is 3. The summed E-state index contributed by atoms with van der Waals surface area (Å²) in [7, 11) is -5.14. The Balaban J connectivity index is 2.53. The molecule has 0 aliphatic heterocycles. The van der Waals surface area contributed by atoms with Crippen molar-refractivity contribution in [3.63, 3.8) is 0 Å². The number of hydrogen-bond acceptors (Lipinski definition) is 13. The number of allylic oxidation sites excluding steroid dienone is 8. The van der Waals surface area contributed by atoms with Gasteiger partial charge in [-0.25, -0.2) is 4.57 Å². The SMILES string of the molecule is CCC/C=C\C/C=C\CCCCCCCC(=O)O[C@H](COC(=O)CCCCCCC/C=C\C=C\C(=O)CCCCC)COP(=O)(O)OC1[C@H](O)[C@H](O)C(O)[C@H](O)[C@H]1O. The zero-order chi connectivity index (χ0) is 43.0. The van der Waals surface area contributed by atoms with Crippen LogP contribution in [0.5, 0.6) is 0 Å². The van der Waals surface area contributed by atoms with Gasteiger partial charge in [0.2, 0.25) is 0 Å². The molecule has 0 aromatic carbocycles. The number of phosphoric acid groups is 1. The highest BCUT2D eigenvalue weighted by atomic mass is 31.2. The first kappa shape index (κ1) is 53.5. The Morgan fingerprint density at radius 1 is 0.586 bits per heavy atom. The molecule has 1 fully saturated rings. The maximum Gasteiger partial charge on any atom is 0.472 e. The Morgan fingerprint density at radius 2 is 1.12 bits per heavy atom. The summed E-state index contributed by atoms with van der Waals surface area (Å²) in [6.07, 6.45) is 20.1. The van der Waals surface area contributed by atoms with Crippen LogP contribution in [0.1, 0.15) is 149 Å². The molecule has 0 bridgehead atoms. The van der Waals surface area contributed by atoms with Gasteiger partial charge < -0.3 is 39.9 Å². The summed E-state index contributed by atoms with van der Waals surface area (Å²) in [6.45, 7) is 3.01. The minimum Gasteiger partial charge on any atom is -0.462 e. The summed E-state index contributed by atoms with van der Waals surface area (Å²) in [5.41, 5.74) is 0. The lowest BCUT2D eigenvalue weighted by molar-refractivity contribution is -0.220. The Bertz CT molecular complexity index is 1270. The molecule has 1 saturated carbocycles. The Hall–Kier alpha value is -2.52. The van der Waals surface area contributed by atoms with Crippen molar-refractivity contribution in [3.8, 4) is 0 Å². The van der Waals surface area contributed by atoms with Crippen molar-refractivity contribution in [2.75, 3.05) is 13.2 Å². The van der Waals surface area contributed by atoms with Gasteiger partial charge in [0.05, 0.1) is 6.61 Å². The molecular formula is C43H73O14P. The normalized spacial score (nSPS) is 22.9. The van der Waals surface area contributed by atoms with E-state index in [1.54, 1.807) is 12.2 Å². The highest BCUT2D eigenvalue weighted by molar-refractivity contribution is 7.47. The predicted octanol–water partition coefficient (Wildman–Crippen LogP) is 6.79. The van der Waals surface area contributed by atoms with E-state index in [1.807, 2.05) is 12.2 Å². The summed E-state index contributed by atoms with van der Waals surface area (Å²) in [4.78, 5) is 47.3. The first-order chi connectivity index (χ1) is 27.8. The minimum atomic E-state index is -5.14. The molecule has 58 heavy (non-hydrogen) atoms. The number of rotatable bonds is 34. The first-order valence-corrected chi connectivity index (χ1v) is 22.9. The third-order valence-corrected chi connectivity index (χ3v) is 10.6. The standard InChI is InChI=1S/C43H73O14P/c1-3-5-7-8-9-10-11-12-13-16-20-23-27-31-37(46)56-35(33-55-58(52,53)57-43-41(50)39(48)38(47)40(49)42(43)51)32-54-36(45)30-26-22-19-17-14-15-18-21-25-29-34(44)28-24-6-4-2/h7-8,10-11,18,21,25,29,35,38-43,47-51H,3-6,9,12-17,19-20,22-24,26-28,30-33H2,1-2H3,(H,52,53)/b8-7-,11-10-,21-18-,29-25+/t35-,38?,39-,40+,41-,42-,43?/m1/s1. The lowest BCUT2D eigenvalue weighted by Gasteiger charge is -2.41. The third kappa shape index (κ3) is 25.9. The van der Waals surface area contributed by atoms with Crippen LogP contribution in [-0.2, 0) is 37.5 Å². The topological polar surface area (TPSA) is 227 Å². The summed E-state index contributed by atoms with van der Waals surface area (Å²) in [5.74, 6) is -1.04. The first-order valence-electron chi connectivity index (χ1n) is 21.4. The number of ketones is 1. The highest BCUT2D eigenvalue weighted by Crippen LogP contribution is 2.47. The van der Waals surface area contributed by atoms with Crippen LogP contribution in [0.2, 0.25) is 0 Å². The molecule has 0 radical (unpaired) electrons. The van der Waals surface area contributed by atoms with E-state index in [9.17, 15) is 49.4 Å². The molecule has 1 aliphatic carbocycles. The van der Waals surface area contributed by atoms with Crippen molar-refractivity contribution in [1.29, 1.82) is 0 Å². The molecule has 0 heterocycles. The summed E-state index contributed by atoms with van der Waals surface area (Å²) >= 11 is 0. The molecule has 0 saturated heterocycles. The minimum absolute atomic E-state index is 0.0611. The van der Waals surface area contributed by atoms with Crippen molar-refractivity contribution in [2.24, 2.45) is 0 Å². The lowest BCUT2D eigenvalue weighted by Crippen LogP contribution is -2.64. The molecule has 0 aromatic heterocycles. The number of esters is 2. The van der Waals surface area contributed by atoms with Crippen molar-refractivity contribution < 1.29 is 67.9 Å². The Kier molecular flexibility index (Phi) is 30.6. The van der Waals surface area contributed by atoms with Gasteiger partial charge in [-0.3, -0.25) is 23.4 Å². The molecule has 6 N–H and O–H groups in total. The highest BCUT2D eigenvalue weighted by Gasteiger charge is 2.51. The second-order valence-corrected chi connectivity index (χ2v) is 16.3. The maximum atomic E-state index is 12.8. The average molecular weight is 845 g/mol. The fourth-order valence-corrected chi connectivity index (χ4v) is 7.04. The molecule has 0 aromatic rings. The molecule has 0 spiro atoms. The van der Waals surface area contributed by atoms with Crippen LogP contribution in [0, 0.1) is 0 Å². The van der Waals surface area contributed by atoms with E-state index in [4.69, 9.17) is 18.5 Å². The quantitative estimate of drug-likeness (QED) is 0.00980. The summed E-state index contributed by atoms with van der Waals surface area (Å²) in [6, 6.07) is 0. The number of aliphatic hydroxyl groups excluding tert-OH is 5. The maximum absolute atomic E-state index is 12.8. The van der Waals surface area contributed by atoms with Crippen molar-refractivity contribution >= 4 is 25.5 Å². The number of ether oxygens (including phenoxy) is 2. The monoisotopic (exact) mass is 844 g/mol. The number of aliphatic hydroxyl groups is 5. The van der Waals surface area contributed by atoms with E-state index in [1.165, 1.54) is 0 Å². The molecule has 15 heteroatoms. The Labute approximate surface area is 346 Å². The zero-order valence-electron chi connectivity index (χ0n) is 34.8. The van der Waals surface area contributed by atoms with Gasteiger partial charge in [0, 0.05) is 19.3 Å². The van der Waals surface area contributed by atoms with Gasteiger partial charge in [-0.1, -0.05) is 114 Å². The second kappa shape index (κ2) is 33.2. The molecule has 0 amide bonds. The second-order valence-electron chi connectivity index (χ2n) is 14.9. The predicted molar refractivity (Wildman–Crippen MR) is 221 cm³/mol. The Morgan fingerprint density at radius 3 is 1.74 bits per heavy atom. The largest absolute Gasteiger partial charge is 0.472 e. The van der Waals surface area contributed by atoms with E-state index in [2.05, 4.69) is 38.2 Å². The van der Waals surface area contributed by atoms with E-state index in [0.29, 0.717) is 19.3 Å². The summed E-state index contributed by atoms with van der Waals surface area (Å²) < 4.78 is 33.4. The molecule has 1 rings (SSSR count). The van der Waals surface area contributed by atoms with E-state index < -0.39 is 75.7 Å². The molecule has 8 atom stereocenters. The molecule has 334 valence electrons. The molecular weight excluding hydrogens is 771 g/mol. The van der Waals surface area contributed by atoms with Gasteiger partial charge in [-0.05, 0) is 63.9 Å². The van der Waals surface area contributed by atoms with E-state index in [0.717, 1.165) is 103 Å². The van der Waals surface area contributed by atoms with Crippen molar-refractivity contribution in [2.45, 2.75) is 191 Å². The third-order valence-electron chi connectivity index (χ3n) is 9.60. The number of hydrogen-bond donors (Lipinski definition) is 6. The lowest BCUT2D eigenvalue weighted by atomic mass is 9.85. The zero-order valence-corrected chi connectivity index (χ0v) is 35.7. The fraction of sp³-hybridized carbons (Fsp3) is 0.744. The number of unbranched alkanes of at least 4 members (excludes halogenated alkanes) is 13. The average Bonchev–Trinajstić information content (AvgIpc) is 3.19. The van der Waals surface area contributed by atoms with E-state index in [-0.39, 0.29) is 18.6 Å². The van der Waals surface area contributed by atoms with Crippen LogP contribution in [0.4, 0.5) is 0 Å². The van der Waals surface area contributed by atoms with Crippen LogP contribution in [-0.4, -0.2) is 104 Å². The van der Waals surface area contributed by atoms with Gasteiger partial charge in [-0.15, -0.1) is 0 Å². The van der Waals surface area contributed by atoms with Crippen LogP contribution in [0.3, 0.4) is 0 Å². The van der Waals surface area contributed by atoms with Crippen LogP contribution in [0.25, 0.3) is 0 Å². The molecule has 1 aliphatic rings. The molecule has 14 nitrogen and oxygen atoms in total. The van der Waals surface area contributed by atoms with Crippen molar-refractivity contribution in [1.82, 2.24) is 0 Å². The number of carbonyl (C=O) groups excluding carboxylic acids is 3. The van der Waals surface area contributed by atoms with Crippen LogP contribution in [0.15, 0.2) is 48.6 Å². The van der Waals surface area contributed by atoms with Gasteiger partial charge in [0.15, 0.2) is 11.9 Å². The van der Waals surface area contributed by atoms with Gasteiger partial charge in [0.1, 0.15) is 43.2 Å². The van der Waals surface area contributed by atoms with Gasteiger partial charge >= 0.3 is 19.8 Å².